The molecule has 17 heavy (non-hydrogen) atoms. The first kappa shape index (κ1) is 11.8. The lowest BCUT2D eigenvalue weighted by atomic mass is 10.1. The van der Waals surface area contributed by atoms with E-state index in [9.17, 15) is 0 Å². The molecule has 0 aliphatic rings. The summed E-state index contributed by atoms with van der Waals surface area (Å²) in [6.07, 6.45) is 3.47. The lowest BCUT2D eigenvalue weighted by molar-refractivity contribution is 0.635. The fourth-order valence-electron chi connectivity index (χ4n) is 1.82. The Labute approximate surface area is 100 Å². The zero-order valence-corrected chi connectivity index (χ0v) is 10.2. The van der Waals surface area contributed by atoms with Crippen LogP contribution in [0.25, 0.3) is 5.78 Å². The Bertz CT molecular complexity index is 492. The average Bonchev–Trinajstić information content (AvgIpc) is 2.76. The Morgan fingerprint density at radius 1 is 1.53 bits per heavy atom. The fourth-order valence-corrected chi connectivity index (χ4v) is 1.82. The van der Waals surface area contributed by atoms with E-state index in [0.29, 0.717) is 18.4 Å². The summed E-state index contributed by atoms with van der Waals surface area (Å²) in [7, 11) is 0. The van der Waals surface area contributed by atoms with Gasteiger partial charge in [0, 0.05) is 17.8 Å². The van der Waals surface area contributed by atoms with Gasteiger partial charge < -0.3 is 11.1 Å². The highest BCUT2D eigenvalue weighted by Crippen LogP contribution is 2.13. The number of nitrogens with one attached hydrogen (secondary N) is 1. The van der Waals surface area contributed by atoms with Crippen LogP contribution in [0, 0.1) is 6.92 Å². The molecule has 0 saturated carbocycles. The number of fused-ring (bicyclic) bond motifs is 1. The number of nitrogens with two attached hydrogens (primary N) is 1. The van der Waals surface area contributed by atoms with Crippen molar-refractivity contribution in [2.45, 2.75) is 32.7 Å². The minimum atomic E-state index is 0.356. The van der Waals surface area contributed by atoms with Gasteiger partial charge >= 0.3 is 0 Å². The smallest absolute Gasteiger partial charge is 0.254 e. The SMILES string of the molecule is CCC(CCN)Nc1cc(C)nc2ncnn12. The molecule has 6 nitrogen and oxygen atoms in total. The van der Waals surface area contributed by atoms with Crippen LogP contribution in [0.15, 0.2) is 12.4 Å². The molecule has 1 unspecified atom stereocenters. The molecule has 2 aromatic heterocycles. The molecule has 0 fully saturated rings. The van der Waals surface area contributed by atoms with E-state index < -0.39 is 0 Å². The van der Waals surface area contributed by atoms with Crippen LogP contribution in [-0.2, 0) is 0 Å². The van der Waals surface area contributed by atoms with E-state index in [1.54, 1.807) is 4.52 Å². The van der Waals surface area contributed by atoms with Gasteiger partial charge in [0.15, 0.2) is 0 Å². The van der Waals surface area contributed by atoms with Gasteiger partial charge in [-0.2, -0.15) is 14.6 Å². The number of anilines is 1. The summed E-state index contributed by atoms with van der Waals surface area (Å²) in [5, 5.41) is 7.60. The van der Waals surface area contributed by atoms with Crippen molar-refractivity contribution in [3.05, 3.63) is 18.1 Å². The molecule has 0 saturated heterocycles. The van der Waals surface area contributed by atoms with Crippen molar-refractivity contribution in [3.8, 4) is 0 Å². The minimum Gasteiger partial charge on any atom is -0.367 e. The summed E-state index contributed by atoms with van der Waals surface area (Å²) in [6, 6.07) is 2.33. The van der Waals surface area contributed by atoms with Crippen molar-refractivity contribution in [3.63, 3.8) is 0 Å². The highest BCUT2D eigenvalue weighted by molar-refractivity contribution is 5.45. The number of hydrogen-bond donors (Lipinski definition) is 2. The predicted octanol–water partition coefficient (Wildman–Crippen LogP) is 0.972. The zero-order valence-electron chi connectivity index (χ0n) is 10.2. The molecule has 0 aliphatic heterocycles. The molecule has 92 valence electrons. The summed E-state index contributed by atoms with van der Waals surface area (Å²) in [6.45, 7) is 4.76. The third kappa shape index (κ3) is 2.52. The highest BCUT2D eigenvalue weighted by Gasteiger charge is 2.10. The van der Waals surface area contributed by atoms with Crippen LogP contribution >= 0.6 is 0 Å². The molecule has 3 N–H and O–H groups in total. The molecular weight excluding hydrogens is 216 g/mol. The van der Waals surface area contributed by atoms with E-state index in [2.05, 4.69) is 27.3 Å². The van der Waals surface area contributed by atoms with Crippen molar-refractivity contribution < 1.29 is 0 Å². The van der Waals surface area contributed by atoms with Gasteiger partial charge in [-0.1, -0.05) is 6.92 Å². The Hall–Kier alpha value is -1.69. The number of aromatic nitrogens is 4. The van der Waals surface area contributed by atoms with Gasteiger partial charge in [0.25, 0.3) is 5.78 Å². The van der Waals surface area contributed by atoms with Gasteiger partial charge in [0.2, 0.25) is 0 Å². The number of hydrogen-bond acceptors (Lipinski definition) is 5. The standard InChI is InChI=1S/C11H18N6/c1-3-9(4-5-12)16-10-6-8(2)15-11-13-7-14-17(10)11/h6-7,9,16H,3-5,12H2,1-2H3. The van der Waals surface area contributed by atoms with E-state index in [1.165, 1.54) is 6.33 Å². The van der Waals surface area contributed by atoms with Crippen LogP contribution in [0.2, 0.25) is 0 Å². The van der Waals surface area contributed by atoms with Crippen LogP contribution < -0.4 is 11.1 Å². The molecule has 0 bridgehead atoms. The van der Waals surface area contributed by atoms with Gasteiger partial charge in [-0.25, -0.2) is 4.98 Å². The normalized spacial score (nSPS) is 12.9. The third-order valence-electron chi connectivity index (χ3n) is 2.74. The van der Waals surface area contributed by atoms with Gasteiger partial charge in [-0.3, -0.25) is 0 Å². The molecular formula is C11H18N6. The van der Waals surface area contributed by atoms with E-state index in [-0.39, 0.29) is 0 Å². The third-order valence-corrected chi connectivity index (χ3v) is 2.74. The summed E-state index contributed by atoms with van der Waals surface area (Å²) >= 11 is 0. The van der Waals surface area contributed by atoms with Gasteiger partial charge in [-0.05, 0) is 26.3 Å². The van der Waals surface area contributed by atoms with Crippen molar-refractivity contribution in [2.24, 2.45) is 5.73 Å². The second-order valence-electron chi connectivity index (χ2n) is 4.08. The molecule has 1 atom stereocenters. The second-order valence-corrected chi connectivity index (χ2v) is 4.08. The molecule has 0 amide bonds. The lowest BCUT2D eigenvalue weighted by Gasteiger charge is -2.17. The van der Waals surface area contributed by atoms with E-state index >= 15 is 0 Å². The number of aryl methyl sites for hydroxylation is 1. The topological polar surface area (TPSA) is 81.1 Å². The van der Waals surface area contributed by atoms with Gasteiger partial charge in [0.1, 0.15) is 12.1 Å². The first-order valence-electron chi connectivity index (χ1n) is 5.88. The summed E-state index contributed by atoms with van der Waals surface area (Å²) in [4.78, 5) is 8.40. The molecule has 2 rings (SSSR count). The maximum atomic E-state index is 5.59. The van der Waals surface area contributed by atoms with Crippen LogP contribution in [0.4, 0.5) is 5.82 Å². The van der Waals surface area contributed by atoms with Crippen LogP contribution in [-0.4, -0.2) is 32.2 Å². The van der Waals surface area contributed by atoms with E-state index in [4.69, 9.17) is 5.73 Å². The Morgan fingerprint density at radius 2 is 2.35 bits per heavy atom. The molecule has 0 aromatic carbocycles. The van der Waals surface area contributed by atoms with Crippen LogP contribution in [0.1, 0.15) is 25.5 Å². The molecule has 2 aromatic rings. The second kappa shape index (κ2) is 5.09. The van der Waals surface area contributed by atoms with E-state index in [0.717, 1.165) is 24.4 Å². The summed E-state index contributed by atoms with van der Waals surface area (Å²) in [5.41, 5.74) is 6.52. The first-order valence-corrected chi connectivity index (χ1v) is 5.88. The molecule has 6 heteroatoms. The Morgan fingerprint density at radius 3 is 3.06 bits per heavy atom. The molecule has 0 radical (unpaired) electrons. The Kier molecular flexibility index (Phi) is 3.53. The summed E-state index contributed by atoms with van der Waals surface area (Å²) < 4.78 is 1.71. The fraction of sp³-hybridized carbons (Fsp3) is 0.545. The Balaban J connectivity index is 2.30. The average molecular weight is 234 g/mol. The van der Waals surface area contributed by atoms with Crippen molar-refractivity contribution >= 4 is 11.6 Å². The van der Waals surface area contributed by atoms with Gasteiger partial charge in [-0.15, -0.1) is 0 Å². The lowest BCUT2D eigenvalue weighted by Crippen LogP contribution is -2.23. The maximum Gasteiger partial charge on any atom is 0.254 e. The quantitative estimate of drug-likeness (QED) is 0.805. The highest BCUT2D eigenvalue weighted by atomic mass is 15.4. The predicted molar refractivity (Wildman–Crippen MR) is 66.9 cm³/mol. The molecule has 0 spiro atoms. The van der Waals surface area contributed by atoms with Gasteiger partial charge in [0.05, 0.1) is 0 Å². The van der Waals surface area contributed by atoms with Crippen molar-refractivity contribution in [1.82, 2.24) is 19.6 Å². The molecule has 0 aliphatic carbocycles. The number of rotatable bonds is 5. The van der Waals surface area contributed by atoms with E-state index in [1.807, 2.05) is 13.0 Å². The van der Waals surface area contributed by atoms with Crippen LogP contribution in [0.3, 0.4) is 0 Å². The maximum absolute atomic E-state index is 5.59. The van der Waals surface area contributed by atoms with Crippen molar-refractivity contribution in [2.75, 3.05) is 11.9 Å². The van der Waals surface area contributed by atoms with Crippen LogP contribution in [0.5, 0.6) is 0 Å². The summed E-state index contributed by atoms with van der Waals surface area (Å²) in [5.74, 6) is 1.54. The minimum absolute atomic E-state index is 0.356. The van der Waals surface area contributed by atoms with Crippen molar-refractivity contribution in [1.29, 1.82) is 0 Å². The number of nitrogens with zero attached hydrogens (tertiary/aromatic N) is 4. The monoisotopic (exact) mass is 234 g/mol. The largest absolute Gasteiger partial charge is 0.367 e. The molecule has 2 heterocycles. The first-order chi connectivity index (χ1) is 8.24. The zero-order chi connectivity index (χ0) is 12.3.